The highest BCUT2D eigenvalue weighted by Crippen LogP contribution is 2.52. The summed E-state index contributed by atoms with van der Waals surface area (Å²) in [6.07, 6.45) is 1.33. The average molecular weight is 400 g/mol. The lowest BCUT2D eigenvalue weighted by Crippen LogP contribution is -2.66. The molecule has 154 valence electrons. The highest BCUT2D eigenvalue weighted by molar-refractivity contribution is 5.76. The Labute approximate surface area is 168 Å². The molecule has 0 unspecified atom stereocenters. The summed E-state index contributed by atoms with van der Waals surface area (Å²) in [5, 5.41) is 0. The van der Waals surface area contributed by atoms with Crippen molar-refractivity contribution < 1.29 is 33.0 Å². The molecule has 0 N–H and O–H groups in total. The maximum absolute atomic E-state index is 12.9. The standard InChI is InChI=1S/C22H24O7/c1-3-26-20(23)17-11-14(2)18-19(27-12-15-7-5-4-6-8-15)22(17,29-21(24)28-18)16-9-10-25-13-16/h4-10,13-14,17-19H,3,11-12H2,1-2H3/t14-,17-,18-,19-,22+/m0/s1. The molecular formula is C22H24O7. The van der Waals surface area contributed by atoms with E-state index in [2.05, 4.69) is 0 Å². The minimum Gasteiger partial charge on any atom is -0.472 e. The molecule has 4 rings (SSSR count). The molecule has 0 spiro atoms. The van der Waals surface area contributed by atoms with E-state index in [9.17, 15) is 9.59 Å². The molecule has 1 aliphatic carbocycles. The topological polar surface area (TPSA) is 84.2 Å². The molecule has 1 aromatic heterocycles. The molecule has 2 fully saturated rings. The predicted molar refractivity (Wildman–Crippen MR) is 101 cm³/mol. The molecule has 0 radical (unpaired) electrons. The number of fused-ring (bicyclic) bond motifs is 2. The maximum Gasteiger partial charge on any atom is 0.509 e. The van der Waals surface area contributed by atoms with Crippen molar-refractivity contribution in [3.8, 4) is 0 Å². The first-order valence-electron chi connectivity index (χ1n) is 9.80. The predicted octanol–water partition coefficient (Wildman–Crippen LogP) is 3.81. The van der Waals surface area contributed by atoms with Gasteiger partial charge in [0, 0.05) is 5.56 Å². The van der Waals surface area contributed by atoms with Crippen LogP contribution in [-0.2, 0) is 35.9 Å². The van der Waals surface area contributed by atoms with E-state index in [1.54, 1.807) is 13.0 Å². The van der Waals surface area contributed by atoms with Gasteiger partial charge in [-0.25, -0.2) is 4.79 Å². The van der Waals surface area contributed by atoms with Crippen LogP contribution in [-0.4, -0.2) is 30.9 Å². The fourth-order valence-electron chi connectivity index (χ4n) is 4.41. The summed E-state index contributed by atoms with van der Waals surface area (Å²) in [4.78, 5) is 25.3. The smallest absolute Gasteiger partial charge is 0.472 e. The summed E-state index contributed by atoms with van der Waals surface area (Å²) in [6, 6.07) is 11.4. The van der Waals surface area contributed by atoms with Crippen molar-refractivity contribution >= 4 is 12.1 Å². The van der Waals surface area contributed by atoms with Gasteiger partial charge in [0.1, 0.15) is 18.1 Å². The van der Waals surface area contributed by atoms with Crippen molar-refractivity contribution in [2.24, 2.45) is 11.8 Å². The second-order valence-corrected chi connectivity index (χ2v) is 7.47. The Kier molecular flexibility index (Phi) is 5.32. The van der Waals surface area contributed by atoms with Crippen molar-refractivity contribution in [1.82, 2.24) is 0 Å². The van der Waals surface area contributed by atoms with Crippen LogP contribution >= 0.6 is 0 Å². The summed E-state index contributed by atoms with van der Waals surface area (Å²) < 4.78 is 28.2. The van der Waals surface area contributed by atoms with Crippen LogP contribution in [0.15, 0.2) is 53.3 Å². The van der Waals surface area contributed by atoms with Gasteiger partial charge in [-0.3, -0.25) is 4.79 Å². The zero-order chi connectivity index (χ0) is 20.4. The number of carbonyl (C=O) groups is 2. The quantitative estimate of drug-likeness (QED) is 0.682. The average Bonchev–Trinajstić information content (AvgIpc) is 3.25. The van der Waals surface area contributed by atoms with Crippen LogP contribution in [0.5, 0.6) is 0 Å². The molecule has 5 atom stereocenters. The number of ether oxygens (including phenoxy) is 4. The van der Waals surface area contributed by atoms with Gasteiger partial charge < -0.3 is 23.4 Å². The van der Waals surface area contributed by atoms with Gasteiger partial charge in [0.2, 0.25) is 0 Å². The number of esters is 1. The zero-order valence-electron chi connectivity index (χ0n) is 16.4. The van der Waals surface area contributed by atoms with Crippen molar-refractivity contribution in [1.29, 1.82) is 0 Å². The lowest BCUT2D eigenvalue weighted by molar-refractivity contribution is -0.270. The van der Waals surface area contributed by atoms with Gasteiger partial charge in [0.05, 0.1) is 25.7 Å². The van der Waals surface area contributed by atoms with Crippen LogP contribution in [0.1, 0.15) is 31.4 Å². The van der Waals surface area contributed by atoms with Gasteiger partial charge in [-0.1, -0.05) is 37.3 Å². The van der Waals surface area contributed by atoms with Crippen molar-refractivity contribution in [3.05, 3.63) is 60.1 Å². The third-order valence-electron chi connectivity index (χ3n) is 5.71. The molecule has 1 saturated heterocycles. The highest BCUT2D eigenvalue weighted by Gasteiger charge is 2.66. The number of hydrogen-bond donors (Lipinski definition) is 0. The Balaban J connectivity index is 1.77. The van der Waals surface area contributed by atoms with E-state index in [0.29, 0.717) is 12.0 Å². The van der Waals surface area contributed by atoms with Gasteiger partial charge in [-0.15, -0.1) is 0 Å². The Morgan fingerprint density at radius 3 is 2.72 bits per heavy atom. The SMILES string of the molecule is CCOC(=O)[C@@H]1C[C@H](C)[C@@H]2OC(=O)O[C@@]1(c1ccoc1)[C@H]2OCc1ccccc1. The normalized spacial score (nSPS) is 30.9. The lowest BCUT2D eigenvalue weighted by Gasteiger charge is -2.53. The van der Waals surface area contributed by atoms with Gasteiger partial charge in [0.15, 0.2) is 5.60 Å². The minimum atomic E-state index is -1.37. The summed E-state index contributed by atoms with van der Waals surface area (Å²) in [5.41, 5.74) is 0.146. The van der Waals surface area contributed by atoms with E-state index >= 15 is 0 Å². The van der Waals surface area contributed by atoms with E-state index in [0.717, 1.165) is 5.56 Å². The first-order valence-corrected chi connectivity index (χ1v) is 9.80. The summed E-state index contributed by atoms with van der Waals surface area (Å²) in [7, 11) is 0. The highest BCUT2D eigenvalue weighted by atomic mass is 16.8. The van der Waals surface area contributed by atoms with E-state index < -0.39 is 35.9 Å². The summed E-state index contributed by atoms with van der Waals surface area (Å²) in [5.74, 6) is -1.28. The van der Waals surface area contributed by atoms with Crippen molar-refractivity contribution in [2.75, 3.05) is 6.61 Å². The van der Waals surface area contributed by atoms with Crippen LogP contribution < -0.4 is 0 Å². The number of hydrogen-bond acceptors (Lipinski definition) is 7. The molecule has 2 aliphatic rings. The van der Waals surface area contributed by atoms with E-state index in [-0.39, 0.29) is 19.1 Å². The molecule has 0 amide bonds. The first kappa shape index (κ1) is 19.5. The molecule has 2 aromatic rings. The molecule has 1 aromatic carbocycles. The fraction of sp³-hybridized carbons (Fsp3) is 0.455. The summed E-state index contributed by atoms with van der Waals surface area (Å²) >= 11 is 0. The van der Waals surface area contributed by atoms with Crippen LogP contribution in [0.4, 0.5) is 4.79 Å². The zero-order valence-corrected chi connectivity index (χ0v) is 16.4. The Bertz CT molecular complexity index is 847. The fourth-order valence-corrected chi connectivity index (χ4v) is 4.41. The van der Waals surface area contributed by atoms with Crippen molar-refractivity contribution in [2.45, 2.75) is 44.7 Å². The molecule has 1 saturated carbocycles. The molecule has 7 heteroatoms. The van der Waals surface area contributed by atoms with E-state index in [1.165, 1.54) is 12.5 Å². The molecule has 2 heterocycles. The second-order valence-electron chi connectivity index (χ2n) is 7.47. The molecule has 7 nitrogen and oxygen atoms in total. The number of benzene rings is 1. The summed E-state index contributed by atoms with van der Waals surface area (Å²) in [6.45, 7) is 4.20. The largest absolute Gasteiger partial charge is 0.509 e. The van der Waals surface area contributed by atoms with Crippen LogP contribution in [0.25, 0.3) is 0 Å². The third-order valence-corrected chi connectivity index (χ3v) is 5.71. The molecule has 1 aliphatic heterocycles. The molecule has 29 heavy (non-hydrogen) atoms. The van der Waals surface area contributed by atoms with Crippen molar-refractivity contribution in [3.63, 3.8) is 0 Å². The lowest BCUT2D eigenvalue weighted by atomic mass is 9.64. The number of furan rings is 1. The maximum atomic E-state index is 12.9. The van der Waals surface area contributed by atoms with Crippen LogP contribution in [0.2, 0.25) is 0 Å². The van der Waals surface area contributed by atoms with Crippen LogP contribution in [0, 0.1) is 11.8 Å². The monoisotopic (exact) mass is 400 g/mol. The Morgan fingerprint density at radius 2 is 2.03 bits per heavy atom. The molecular weight excluding hydrogens is 376 g/mol. The Morgan fingerprint density at radius 1 is 1.24 bits per heavy atom. The first-order chi connectivity index (χ1) is 14.1. The van der Waals surface area contributed by atoms with E-state index in [4.69, 9.17) is 23.4 Å². The number of rotatable bonds is 6. The van der Waals surface area contributed by atoms with E-state index in [1.807, 2.05) is 37.3 Å². The van der Waals surface area contributed by atoms with Crippen LogP contribution in [0.3, 0.4) is 0 Å². The minimum absolute atomic E-state index is 0.113. The molecule has 2 bridgehead atoms. The second kappa shape index (κ2) is 7.91. The van der Waals surface area contributed by atoms with Gasteiger partial charge in [0.25, 0.3) is 0 Å². The third kappa shape index (κ3) is 3.40. The Hall–Kier alpha value is -2.80. The number of carbonyl (C=O) groups excluding carboxylic acids is 2. The van der Waals surface area contributed by atoms with Gasteiger partial charge >= 0.3 is 12.1 Å². The van der Waals surface area contributed by atoms with Gasteiger partial charge in [-0.2, -0.15) is 0 Å². The van der Waals surface area contributed by atoms with Gasteiger partial charge in [-0.05, 0) is 30.9 Å².